The molecule has 0 aromatic carbocycles. The number of guanidine groups is 1. The fraction of sp³-hybridized carbons (Fsp3) is 0.944. The van der Waals surface area contributed by atoms with E-state index in [1.807, 2.05) is 0 Å². The van der Waals surface area contributed by atoms with Gasteiger partial charge in [0.25, 0.3) is 0 Å². The van der Waals surface area contributed by atoms with Gasteiger partial charge in [0.05, 0.1) is 5.75 Å². The number of likely N-dealkylation sites (tertiary alicyclic amines) is 1. The minimum atomic E-state index is -2.92. The van der Waals surface area contributed by atoms with Crippen molar-refractivity contribution < 1.29 is 8.42 Å². The molecule has 1 N–H and O–H groups in total. The van der Waals surface area contributed by atoms with Gasteiger partial charge in [0.15, 0.2) is 5.96 Å². The Morgan fingerprint density at radius 2 is 1.92 bits per heavy atom. The highest BCUT2D eigenvalue weighted by Gasteiger charge is 2.28. The van der Waals surface area contributed by atoms with Crippen LogP contribution in [0.2, 0.25) is 0 Å². The number of likely N-dealkylation sites (N-methyl/N-ethyl adjacent to an activating group) is 1. The lowest BCUT2D eigenvalue weighted by molar-refractivity contribution is 0.223. The Balaban J connectivity index is 2.71. The first kappa shape index (κ1) is 22.2. The third-order valence-electron chi connectivity index (χ3n) is 4.93. The van der Waals surface area contributed by atoms with Crippen molar-refractivity contribution in [2.75, 3.05) is 51.3 Å². The number of hydrogen-bond acceptors (Lipinski definition) is 4. The van der Waals surface area contributed by atoms with Crippen molar-refractivity contribution in [2.45, 2.75) is 53.5 Å². The first-order chi connectivity index (χ1) is 11.6. The van der Waals surface area contributed by atoms with E-state index in [4.69, 9.17) is 4.99 Å². The minimum absolute atomic E-state index is 0.123. The van der Waals surface area contributed by atoms with Gasteiger partial charge < -0.3 is 10.2 Å². The molecule has 1 saturated heterocycles. The Labute approximate surface area is 155 Å². The van der Waals surface area contributed by atoms with E-state index in [1.165, 1.54) is 12.7 Å². The zero-order chi connectivity index (χ0) is 19.1. The summed E-state index contributed by atoms with van der Waals surface area (Å²) < 4.78 is 22.8. The zero-order valence-electron chi connectivity index (χ0n) is 17.0. The summed E-state index contributed by atoms with van der Waals surface area (Å²) in [7, 11) is -2.92. The highest BCUT2D eigenvalue weighted by molar-refractivity contribution is 7.90. The lowest BCUT2D eigenvalue weighted by atomic mass is 9.90. The van der Waals surface area contributed by atoms with Crippen LogP contribution in [-0.2, 0) is 9.84 Å². The fourth-order valence-corrected chi connectivity index (χ4v) is 4.15. The lowest BCUT2D eigenvalue weighted by Gasteiger charge is -2.28. The van der Waals surface area contributed by atoms with E-state index in [9.17, 15) is 8.42 Å². The standard InChI is InChI=1S/C18H38N4O2S/c1-7-19-17(20-15-18(4,5)11-13-25(6,23)24)22-12-10-16(14-22)21(8-2)9-3/h16H,7-15H2,1-6H3,(H,19,20). The summed E-state index contributed by atoms with van der Waals surface area (Å²) in [6.45, 7) is 16.4. The molecule has 7 heteroatoms. The van der Waals surface area contributed by atoms with E-state index >= 15 is 0 Å². The summed E-state index contributed by atoms with van der Waals surface area (Å²) in [5.74, 6) is 1.18. The molecule has 0 aromatic heterocycles. The molecule has 148 valence electrons. The number of nitrogens with one attached hydrogen (secondary N) is 1. The molecule has 1 rings (SSSR count). The van der Waals surface area contributed by atoms with Crippen LogP contribution in [0.5, 0.6) is 0 Å². The molecule has 6 nitrogen and oxygen atoms in total. The summed E-state index contributed by atoms with van der Waals surface area (Å²) >= 11 is 0. The Hall–Kier alpha value is -0.820. The van der Waals surface area contributed by atoms with Crippen LogP contribution in [0.15, 0.2) is 4.99 Å². The van der Waals surface area contributed by atoms with E-state index in [-0.39, 0.29) is 11.2 Å². The lowest BCUT2D eigenvalue weighted by Crippen LogP contribution is -2.43. The van der Waals surface area contributed by atoms with E-state index in [2.05, 4.69) is 49.7 Å². The predicted octanol–water partition coefficient (Wildman–Crippen LogP) is 1.83. The maximum absolute atomic E-state index is 11.4. The molecule has 25 heavy (non-hydrogen) atoms. The first-order valence-electron chi connectivity index (χ1n) is 9.57. The Kier molecular flexibility index (Phi) is 8.68. The van der Waals surface area contributed by atoms with Crippen LogP contribution < -0.4 is 5.32 Å². The van der Waals surface area contributed by atoms with Crippen molar-refractivity contribution in [2.24, 2.45) is 10.4 Å². The fourth-order valence-electron chi connectivity index (χ4n) is 3.23. The van der Waals surface area contributed by atoms with E-state index < -0.39 is 9.84 Å². The molecule has 1 aliphatic heterocycles. The summed E-state index contributed by atoms with van der Waals surface area (Å²) in [6.07, 6.45) is 3.11. The quantitative estimate of drug-likeness (QED) is 0.493. The Morgan fingerprint density at radius 1 is 1.28 bits per heavy atom. The van der Waals surface area contributed by atoms with Gasteiger partial charge in [-0.1, -0.05) is 27.7 Å². The van der Waals surface area contributed by atoms with Crippen LogP contribution >= 0.6 is 0 Å². The van der Waals surface area contributed by atoms with Gasteiger partial charge in [-0.05, 0) is 38.3 Å². The molecule has 0 spiro atoms. The van der Waals surface area contributed by atoms with Gasteiger partial charge in [-0.2, -0.15) is 0 Å². The maximum Gasteiger partial charge on any atom is 0.193 e. The molecule has 0 aliphatic carbocycles. The van der Waals surface area contributed by atoms with Crippen molar-refractivity contribution in [3.63, 3.8) is 0 Å². The van der Waals surface area contributed by atoms with Crippen molar-refractivity contribution in [3.05, 3.63) is 0 Å². The minimum Gasteiger partial charge on any atom is -0.357 e. The summed E-state index contributed by atoms with van der Waals surface area (Å²) in [5.41, 5.74) is -0.123. The average Bonchev–Trinajstić information content (AvgIpc) is 3.00. The van der Waals surface area contributed by atoms with Gasteiger partial charge in [0.2, 0.25) is 0 Å². The third kappa shape index (κ3) is 7.94. The van der Waals surface area contributed by atoms with Crippen molar-refractivity contribution >= 4 is 15.8 Å². The molecule has 1 heterocycles. The Bertz CT molecular complexity index is 527. The van der Waals surface area contributed by atoms with Crippen molar-refractivity contribution in [1.82, 2.24) is 15.1 Å². The SMILES string of the molecule is CCNC(=NCC(C)(C)CCS(C)(=O)=O)N1CCC(N(CC)CC)C1. The summed E-state index contributed by atoms with van der Waals surface area (Å²) in [5, 5.41) is 3.40. The second kappa shape index (κ2) is 9.76. The van der Waals surface area contributed by atoms with E-state index in [1.54, 1.807) is 0 Å². The molecule has 0 aromatic rings. The number of rotatable bonds is 9. The van der Waals surface area contributed by atoms with Crippen LogP contribution in [0.25, 0.3) is 0 Å². The van der Waals surface area contributed by atoms with Gasteiger partial charge in [-0.25, -0.2) is 8.42 Å². The van der Waals surface area contributed by atoms with Gasteiger partial charge in [0, 0.05) is 38.5 Å². The second-order valence-electron chi connectivity index (χ2n) is 7.82. The molecule has 0 amide bonds. The summed E-state index contributed by atoms with van der Waals surface area (Å²) in [6, 6.07) is 0.595. The molecule has 1 atom stereocenters. The number of nitrogens with zero attached hydrogens (tertiary/aromatic N) is 3. The summed E-state index contributed by atoms with van der Waals surface area (Å²) in [4.78, 5) is 9.69. The van der Waals surface area contributed by atoms with E-state index in [0.717, 1.165) is 38.7 Å². The molecule has 1 fully saturated rings. The highest BCUT2D eigenvalue weighted by Crippen LogP contribution is 2.22. The average molecular weight is 375 g/mol. The maximum atomic E-state index is 11.4. The number of aliphatic imine (C=N–C) groups is 1. The number of sulfone groups is 1. The van der Waals surface area contributed by atoms with Gasteiger partial charge in [0.1, 0.15) is 9.84 Å². The first-order valence-corrected chi connectivity index (χ1v) is 11.6. The van der Waals surface area contributed by atoms with Gasteiger partial charge >= 0.3 is 0 Å². The number of hydrogen-bond donors (Lipinski definition) is 1. The normalized spacial score (nSPS) is 19.7. The third-order valence-corrected chi connectivity index (χ3v) is 5.88. The molecule has 1 unspecified atom stereocenters. The van der Waals surface area contributed by atoms with Crippen molar-refractivity contribution in [3.8, 4) is 0 Å². The molecule has 1 aliphatic rings. The molecule has 0 bridgehead atoms. The Morgan fingerprint density at radius 3 is 2.44 bits per heavy atom. The molecule has 0 radical (unpaired) electrons. The van der Waals surface area contributed by atoms with Crippen LogP contribution in [0.3, 0.4) is 0 Å². The molecule has 0 saturated carbocycles. The van der Waals surface area contributed by atoms with Crippen LogP contribution in [0.4, 0.5) is 0 Å². The predicted molar refractivity (Wildman–Crippen MR) is 107 cm³/mol. The topological polar surface area (TPSA) is 65.0 Å². The monoisotopic (exact) mass is 374 g/mol. The second-order valence-corrected chi connectivity index (χ2v) is 10.1. The van der Waals surface area contributed by atoms with E-state index in [0.29, 0.717) is 19.0 Å². The zero-order valence-corrected chi connectivity index (χ0v) is 17.8. The molecular weight excluding hydrogens is 336 g/mol. The van der Waals surface area contributed by atoms with Crippen LogP contribution in [0, 0.1) is 5.41 Å². The highest BCUT2D eigenvalue weighted by atomic mass is 32.2. The van der Waals surface area contributed by atoms with Crippen LogP contribution in [0.1, 0.15) is 47.5 Å². The smallest absolute Gasteiger partial charge is 0.193 e. The largest absolute Gasteiger partial charge is 0.357 e. The van der Waals surface area contributed by atoms with Gasteiger partial charge in [-0.3, -0.25) is 9.89 Å². The van der Waals surface area contributed by atoms with Gasteiger partial charge in [-0.15, -0.1) is 0 Å². The van der Waals surface area contributed by atoms with Crippen molar-refractivity contribution in [1.29, 1.82) is 0 Å². The molecular formula is C18H38N4O2S. The van der Waals surface area contributed by atoms with Crippen LogP contribution in [-0.4, -0.2) is 81.5 Å².